The average molecular weight is 408 g/mol. The van der Waals surface area contributed by atoms with Crippen molar-refractivity contribution in [3.05, 3.63) is 71.3 Å². The van der Waals surface area contributed by atoms with E-state index in [9.17, 15) is 14.7 Å². The van der Waals surface area contributed by atoms with Crippen LogP contribution in [0.15, 0.2) is 60.2 Å². The summed E-state index contributed by atoms with van der Waals surface area (Å²) in [4.78, 5) is 29.3. The molecule has 0 bridgehead atoms. The zero-order chi connectivity index (χ0) is 21.7. The molecule has 30 heavy (non-hydrogen) atoms. The minimum atomic E-state index is -0.671. The molecule has 0 saturated carbocycles. The Balaban J connectivity index is 2.10. The Morgan fingerprint density at radius 3 is 2.50 bits per heavy atom. The van der Waals surface area contributed by atoms with Gasteiger partial charge < -0.3 is 19.6 Å². The highest BCUT2D eigenvalue weighted by Crippen LogP contribution is 2.40. The zero-order valence-corrected chi connectivity index (χ0v) is 17.7. The maximum absolute atomic E-state index is 13.0. The van der Waals surface area contributed by atoms with Gasteiger partial charge in [0.05, 0.1) is 18.2 Å². The van der Waals surface area contributed by atoms with E-state index in [-0.39, 0.29) is 11.3 Å². The van der Waals surface area contributed by atoms with Gasteiger partial charge in [-0.1, -0.05) is 49.4 Å². The van der Waals surface area contributed by atoms with E-state index in [1.807, 2.05) is 56.3 Å². The Morgan fingerprint density at radius 2 is 1.83 bits per heavy atom. The Hall–Kier alpha value is -3.12. The molecule has 1 atom stereocenters. The minimum Gasteiger partial charge on any atom is -0.507 e. The van der Waals surface area contributed by atoms with Crippen LogP contribution in [0.2, 0.25) is 0 Å². The first-order valence-corrected chi connectivity index (χ1v) is 10.1. The van der Waals surface area contributed by atoms with Gasteiger partial charge in [0, 0.05) is 18.7 Å². The van der Waals surface area contributed by atoms with Crippen LogP contribution in [-0.2, 0) is 9.59 Å². The molecule has 1 heterocycles. The van der Waals surface area contributed by atoms with Crippen molar-refractivity contribution in [1.29, 1.82) is 0 Å². The van der Waals surface area contributed by atoms with Gasteiger partial charge in [0.1, 0.15) is 11.5 Å². The molecule has 1 saturated heterocycles. The predicted molar refractivity (Wildman–Crippen MR) is 116 cm³/mol. The van der Waals surface area contributed by atoms with Crippen LogP contribution >= 0.6 is 0 Å². The Morgan fingerprint density at radius 1 is 1.10 bits per heavy atom. The molecule has 3 rings (SSSR count). The summed E-state index contributed by atoms with van der Waals surface area (Å²) in [6, 6.07) is 15.6. The molecule has 6 nitrogen and oxygen atoms in total. The van der Waals surface area contributed by atoms with E-state index >= 15 is 0 Å². The molecule has 0 aromatic heterocycles. The lowest BCUT2D eigenvalue weighted by Gasteiger charge is -2.27. The highest BCUT2D eigenvalue weighted by molar-refractivity contribution is 6.46. The summed E-state index contributed by atoms with van der Waals surface area (Å²) >= 11 is 0. The van der Waals surface area contributed by atoms with E-state index in [0.29, 0.717) is 31.0 Å². The van der Waals surface area contributed by atoms with Crippen LogP contribution < -0.4 is 4.74 Å². The Labute approximate surface area is 177 Å². The number of aliphatic hydroxyl groups is 1. The lowest BCUT2D eigenvalue weighted by Crippen LogP contribution is -2.35. The molecule has 2 aromatic rings. The summed E-state index contributed by atoms with van der Waals surface area (Å²) in [5, 5.41) is 11.0. The molecular formula is C24H28N2O4. The SMILES string of the molecule is CCCOc1cccc(C2/C(=C(\O)c3ccccc3)C(=O)C(=O)N2CCN(C)C)c1. The van der Waals surface area contributed by atoms with Crippen molar-refractivity contribution < 1.29 is 19.4 Å². The van der Waals surface area contributed by atoms with Gasteiger partial charge in [0.15, 0.2) is 0 Å². The molecule has 1 aliphatic heterocycles. The first-order valence-electron chi connectivity index (χ1n) is 10.1. The number of amides is 1. The second kappa shape index (κ2) is 9.59. The molecule has 0 radical (unpaired) electrons. The van der Waals surface area contributed by atoms with Crippen molar-refractivity contribution in [3.8, 4) is 5.75 Å². The number of aliphatic hydroxyl groups excluding tert-OH is 1. The van der Waals surface area contributed by atoms with E-state index < -0.39 is 17.7 Å². The second-order valence-electron chi connectivity index (χ2n) is 7.58. The number of likely N-dealkylation sites (tertiary alicyclic amines) is 1. The van der Waals surface area contributed by atoms with Gasteiger partial charge in [-0.25, -0.2) is 0 Å². The first-order chi connectivity index (χ1) is 14.4. The summed E-state index contributed by atoms with van der Waals surface area (Å²) in [6.45, 7) is 3.57. The summed E-state index contributed by atoms with van der Waals surface area (Å²) in [6.07, 6.45) is 0.875. The number of hydrogen-bond acceptors (Lipinski definition) is 5. The largest absolute Gasteiger partial charge is 0.507 e. The van der Waals surface area contributed by atoms with Crippen molar-refractivity contribution in [2.24, 2.45) is 0 Å². The highest BCUT2D eigenvalue weighted by atomic mass is 16.5. The molecule has 1 fully saturated rings. The van der Waals surface area contributed by atoms with Crippen LogP contribution in [0, 0.1) is 0 Å². The third-order valence-electron chi connectivity index (χ3n) is 5.02. The van der Waals surface area contributed by atoms with Gasteiger partial charge >= 0.3 is 0 Å². The third kappa shape index (κ3) is 4.54. The number of hydrogen-bond donors (Lipinski definition) is 1. The Kier molecular flexibility index (Phi) is 6.90. The van der Waals surface area contributed by atoms with Crippen molar-refractivity contribution in [2.45, 2.75) is 19.4 Å². The van der Waals surface area contributed by atoms with Gasteiger partial charge in [-0.15, -0.1) is 0 Å². The highest BCUT2D eigenvalue weighted by Gasteiger charge is 2.45. The number of benzene rings is 2. The van der Waals surface area contributed by atoms with Gasteiger partial charge in [0.2, 0.25) is 0 Å². The molecule has 6 heteroatoms. The molecular weight excluding hydrogens is 380 g/mol. The topological polar surface area (TPSA) is 70.1 Å². The monoisotopic (exact) mass is 408 g/mol. The number of likely N-dealkylation sites (N-methyl/N-ethyl adjacent to an activating group) is 1. The molecule has 1 amide bonds. The summed E-state index contributed by atoms with van der Waals surface area (Å²) in [5.74, 6) is -0.752. The minimum absolute atomic E-state index is 0.109. The van der Waals surface area contributed by atoms with Crippen molar-refractivity contribution in [1.82, 2.24) is 9.80 Å². The lowest BCUT2D eigenvalue weighted by atomic mass is 9.95. The summed E-state index contributed by atoms with van der Waals surface area (Å²) in [7, 11) is 3.82. The molecule has 1 aliphatic rings. The number of carbonyl (C=O) groups excluding carboxylic acids is 2. The number of ether oxygens (including phenoxy) is 1. The summed E-state index contributed by atoms with van der Waals surface area (Å²) < 4.78 is 5.75. The molecule has 0 spiro atoms. The number of carbonyl (C=O) groups is 2. The summed E-state index contributed by atoms with van der Waals surface area (Å²) in [5.41, 5.74) is 1.35. The van der Waals surface area contributed by atoms with Crippen LogP contribution in [0.25, 0.3) is 5.76 Å². The number of Topliss-reactive ketones (excluding diaryl/α,β-unsaturated/α-hetero) is 1. The van der Waals surface area contributed by atoms with E-state index in [1.54, 1.807) is 24.3 Å². The van der Waals surface area contributed by atoms with Crippen LogP contribution in [0.1, 0.15) is 30.5 Å². The van der Waals surface area contributed by atoms with E-state index in [1.165, 1.54) is 4.90 Å². The smallest absolute Gasteiger partial charge is 0.295 e. The maximum Gasteiger partial charge on any atom is 0.295 e. The van der Waals surface area contributed by atoms with E-state index in [4.69, 9.17) is 4.74 Å². The number of nitrogens with zero attached hydrogens (tertiary/aromatic N) is 2. The van der Waals surface area contributed by atoms with Crippen molar-refractivity contribution >= 4 is 17.4 Å². The van der Waals surface area contributed by atoms with Gasteiger partial charge in [0.25, 0.3) is 11.7 Å². The van der Waals surface area contributed by atoms with Crippen molar-refractivity contribution in [3.63, 3.8) is 0 Å². The number of rotatable bonds is 8. The normalized spacial score (nSPS) is 18.3. The van der Waals surface area contributed by atoms with Gasteiger partial charge in [-0.3, -0.25) is 9.59 Å². The fraction of sp³-hybridized carbons (Fsp3) is 0.333. The van der Waals surface area contributed by atoms with Gasteiger partial charge in [-0.2, -0.15) is 0 Å². The van der Waals surface area contributed by atoms with Crippen LogP contribution in [-0.4, -0.2) is 60.4 Å². The molecule has 0 aliphatic carbocycles. The molecule has 1 unspecified atom stereocenters. The molecule has 1 N–H and O–H groups in total. The van der Waals surface area contributed by atoms with Gasteiger partial charge in [-0.05, 0) is 38.2 Å². The first kappa shape index (κ1) is 21.6. The zero-order valence-electron chi connectivity index (χ0n) is 17.7. The maximum atomic E-state index is 13.0. The molecule has 2 aromatic carbocycles. The third-order valence-corrected chi connectivity index (χ3v) is 5.02. The second-order valence-corrected chi connectivity index (χ2v) is 7.58. The van der Waals surface area contributed by atoms with Crippen molar-refractivity contribution in [2.75, 3.05) is 33.8 Å². The quantitative estimate of drug-likeness (QED) is 0.412. The molecule has 158 valence electrons. The van der Waals surface area contributed by atoms with E-state index in [0.717, 1.165) is 12.0 Å². The standard InChI is InChI=1S/C24H28N2O4/c1-4-15-30-19-12-8-11-18(16-19)21-20(22(27)17-9-6-5-7-10-17)23(28)24(29)26(21)14-13-25(2)3/h5-12,16,21,27H,4,13-15H2,1-3H3/b22-20+. The fourth-order valence-electron chi connectivity index (χ4n) is 3.51. The number of ketones is 1. The average Bonchev–Trinajstić information content (AvgIpc) is 3.01. The van der Waals surface area contributed by atoms with Crippen LogP contribution in [0.4, 0.5) is 0 Å². The fourth-order valence-corrected chi connectivity index (χ4v) is 3.51. The van der Waals surface area contributed by atoms with Crippen LogP contribution in [0.3, 0.4) is 0 Å². The van der Waals surface area contributed by atoms with E-state index in [2.05, 4.69) is 0 Å². The van der Waals surface area contributed by atoms with Crippen LogP contribution in [0.5, 0.6) is 5.75 Å². The predicted octanol–water partition coefficient (Wildman–Crippen LogP) is 3.46. The lowest BCUT2D eigenvalue weighted by molar-refractivity contribution is -0.140. The Bertz CT molecular complexity index is 937.